The Bertz CT molecular complexity index is 1340. The number of rotatable bonds is 3. The van der Waals surface area contributed by atoms with E-state index in [1.165, 1.54) is 50.1 Å². The Hall–Kier alpha value is -2.94. The minimum absolute atomic E-state index is 0.0324. The van der Waals surface area contributed by atoms with Crippen LogP contribution in [-0.4, -0.2) is 21.3 Å². The molecule has 3 nitrogen and oxygen atoms in total. The van der Waals surface area contributed by atoms with Crippen LogP contribution in [0.15, 0.2) is 36.4 Å². The largest absolute Gasteiger partial charge is 0.496 e. The van der Waals surface area contributed by atoms with Crippen LogP contribution in [0, 0.1) is 0 Å². The minimum Gasteiger partial charge on any atom is -0.496 e. The molecule has 43 heavy (non-hydrogen) atoms. The number of hydrogen-bond donors (Lipinski definition) is 0. The molecular weight excluding hydrogens is 528 g/mol. The summed E-state index contributed by atoms with van der Waals surface area (Å²) in [6.45, 7) is 20.8. The molecule has 0 spiro atoms. The number of benzene rings is 3. The average Bonchev–Trinajstić information content (AvgIpc) is 2.92. The highest BCUT2D eigenvalue weighted by Gasteiger charge is 2.24. The van der Waals surface area contributed by atoms with Gasteiger partial charge in [0.1, 0.15) is 17.2 Å². The van der Waals surface area contributed by atoms with Gasteiger partial charge in [-0.15, -0.1) is 0 Å². The summed E-state index contributed by atoms with van der Waals surface area (Å²) in [7, 11) is 5.49. The van der Waals surface area contributed by atoms with Crippen LogP contribution in [0.4, 0.5) is 0 Å². The SMILES string of the molecule is COc1c2cc(C(C)(C)C)cc1CCc1cc(C(C)(C)C)cc(c1OC)CCc1cc(C(C)(C)C)cc(c1OC)CCC2. The molecule has 1 aliphatic rings. The topological polar surface area (TPSA) is 27.7 Å². The van der Waals surface area contributed by atoms with Gasteiger partial charge in [-0.1, -0.05) is 98.7 Å². The molecule has 0 heterocycles. The molecule has 0 saturated heterocycles. The molecule has 0 amide bonds. The summed E-state index contributed by atoms with van der Waals surface area (Å²) in [5.41, 5.74) is 12.0. The summed E-state index contributed by atoms with van der Waals surface area (Å²) in [5.74, 6) is 3.11. The fourth-order valence-corrected chi connectivity index (χ4v) is 6.47. The van der Waals surface area contributed by atoms with Crippen LogP contribution in [0.3, 0.4) is 0 Å². The fraction of sp³-hybridized carbons (Fsp3) is 0.550. The highest BCUT2D eigenvalue weighted by Crippen LogP contribution is 2.39. The number of methoxy groups -OCH3 is 3. The maximum Gasteiger partial charge on any atom is 0.125 e. The van der Waals surface area contributed by atoms with Gasteiger partial charge in [0.15, 0.2) is 0 Å². The molecule has 0 N–H and O–H groups in total. The van der Waals surface area contributed by atoms with Crippen molar-refractivity contribution >= 4 is 0 Å². The third-order valence-electron chi connectivity index (χ3n) is 9.16. The predicted octanol–water partition coefficient (Wildman–Crippen LogP) is 9.66. The number of ether oxygens (including phenoxy) is 3. The molecule has 4 rings (SSSR count). The van der Waals surface area contributed by atoms with E-state index in [0.29, 0.717) is 0 Å². The zero-order valence-electron chi connectivity index (χ0n) is 29.1. The average molecular weight is 585 g/mol. The van der Waals surface area contributed by atoms with Gasteiger partial charge >= 0.3 is 0 Å². The summed E-state index contributed by atoms with van der Waals surface area (Å²) < 4.78 is 18.6. The minimum atomic E-state index is 0.0324. The summed E-state index contributed by atoms with van der Waals surface area (Å²) >= 11 is 0. The number of aryl methyl sites for hydroxylation is 6. The van der Waals surface area contributed by atoms with Crippen molar-refractivity contribution in [1.29, 1.82) is 0 Å². The zero-order valence-corrected chi connectivity index (χ0v) is 29.1. The fourth-order valence-electron chi connectivity index (χ4n) is 6.47. The summed E-state index contributed by atoms with van der Waals surface area (Å²) in [6.07, 6.45) is 6.58. The van der Waals surface area contributed by atoms with Crippen molar-refractivity contribution in [2.24, 2.45) is 0 Å². The molecule has 3 heteroatoms. The Morgan fingerprint density at radius 2 is 0.581 bits per heavy atom. The monoisotopic (exact) mass is 584 g/mol. The van der Waals surface area contributed by atoms with Gasteiger partial charge in [-0.3, -0.25) is 0 Å². The Labute approximate surface area is 262 Å². The van der Waals surface area contributed by atoms with Gasteiger partial charge in [0.05, 0.1) is 21.3 Å². The second-order valence-corrected chi connectivity index (χ2v) is 15.6. The van der Waals surface area contributed by atoms with Gasteiger partial charge in [0.2, 0.25) is 0 Å². The number of fused-ring (bicyclic) bond motifs is 6. The molecule has 3 aromatic rings. The lowest BCUT2D eigenvalue weighted by Gasteiger charge is -2.26. The van der Waals surface area contributed by atoms with E-state index in [4.69, 9.17) is 14.2 Å². The molecule has 3 aromatic carbocycles. The van der Waals surface area contributed by atoms with Crippen LogP contribution >= 0.6 is 0 Å². The van der Waals surface area contributed by atoms with Crippen molar-refractivity contribution in [3.8, 4) is 17.2 Å². The maximum absolute atomic E-state index is 6.21. The molecule has 1 aliphatic carbocycles. The van der Waals surface area contributed by atoms with E-state index in [2.05, 4.69) is 98.7 Å². The molecule has 0 radical (unpaired) electrons. The molecule has 6 bridgehead atoms. The van der Waals surface area contributed by atoms with Crippen molar-refractivity contribution in [1.82, 2.24) is 0 Å². The van der Waals surface area contributed by atoms with E-state index in [-0.39, 0.29) is 16.2 Å². The van der Waals surface area contributed by atoms with E-state index >= 15 is 0 Å². The van der Waals surface area contributed by atoms with Crippen molar-refractivity contribution in [2.45, 2.75) is 124 Å². The van der Waals surface area contributed by atoms with E-state index in [1.807, 2.05) is 21.3 Å². The standard InChI is InChI=1S/C40H56O3/c1-38(2,3)32-20-26-14-13-15-27-21-33(39(4,5)6)23-29(36(27)42-11)17-19-31-25-34(40(7,8)9)24-30(37(31)43-12)18-16-28(22-32)35(26)41-10/h20-25H,13-19H2,1-12H3. The first-order chi connectivity index (χ1) is 20.1. The van der Waals surface area contributed by atoms with E-state index in [0.717, 1.165) is 62.2 Å². The van der Waals surface area contributed by atoms with Gasteiger partial charge in [-0.2, -0.15) is 0 Å². The van der Waals surface area contributed by atoms with Gasteiger partial charge in [0.25, 0.3) is 0 Å². The lowest BCUT2D eigenvalue weighted by Crippen LogP contribution is -2.16. The van der Waals surface area contributed by atoms with Crippen molar-refractivity contribution < 1.29 is 14.2 Å². The quantitative estimate of drug-likeness (QED) is 0.307. The molecular formula is C40H56O3. The summed E-state index contributed by atoms with van der Waals surface area (Å²) in [6, 6.07) is 14.3. The molecule has 0 unspecified atom stereocenters. The molecule has 0 aromatic heterocycles. The molecule has 0 fully saturated rings. The first kappa shape index (κ1) is 33.0. The molecule has 0 aliphatic heterocycles. The smallest absolute Gasteiger partial charge is 0.125 e. The molecule has 0 saturated carbocycles. The Kier molecular flexibility index (Phi) is 9.64. The summed E-state index contributed by atoms with van der Waals surface area (Å²) in [5, 5.41) is 0. The second kappa shape index (κ2) is 12.6. The third kappa shape index (κ3) is 7.41. The van der Waals surface area contributed by atoms with Gasteiger partial charge in [-0.05, 0) is 111 Å². The zero-order chi connectivity index (χ0) is 31.7. The highest BCUT2D eigenvalue weighted by molar-refractivity contribution is 5.52. The van der Waals surface area contributed by atoms with Crippen LogP contribution in [0.25, 0.3) is 0 Å². The molecule has 0 atom stereocenters. The van der Waals surface area contributed by atoms with Crippen molar-refractivity contribution in [3.05, 3.63) is 86.5 Å². The highest BCUT2D eigenvalue weighted by atomic mass is 16.5. The first-order valence-electron chi connectivity index (χ1n) is 16.2. The maximum atomic E-state index is 6.21. The van der Waals surface area contributed by atoms with Crippen LogP contribution < -0.4 is 14.2 Å². The van der Waals surface area contributed by atoms with Gasteiger partial charge in [0, 0.05) is 0 Å². The van der Waals surface area contributed by atoms with Crippen LogP contribution in [0.2, 0.25) is 0 Å². The van der Waals surface area contributed by atoms with Crippen LogP contribution in [-0.2, 0) is 54.8 Å². The number of hydrogen-bond acceptors (Lipinski definition) is 3. The van der Waals surface area contributed by atoms with Crippen LogP contribution in [0.5, 0.6) is 17.2 Å². The third-order valence-corrected chi connectivity index (χ3v) is 9.16. The Morgan fingerprint density at radius 3 is 0.767 bits per heavy atom. The van der Waals surface area contributed by atoms with E-state index in [1.54, 1.807) is 0 Å². The van der Waals surface area contributed by atoms with Crippen molar-refractivity contribution in [2.75, 3.05) is 21.3 Å². The Morgan fingerprint density at radius 1 is 0.372 bits per heavy atom. The van der Waals surface area contributed by atoms with E-state index < -0.39 is 0 Å². The van der Waals surface area contributed by atoms with E-state index in [9.17, 15) is 0 Å². The molecule has 234 valence electrons. The second-order valence-electron chi connectivity index (χ2n) is 15.6. The van der Waals surface area contributed by atoms with Gasteiger partial charge in [-0.25, -0.2) is 0 Å². The lowest BCUT2D eigenvalue weighted by atomic mass is 9.81. The predicted molar refractivity (Wildman–Crippen MR) is 182 cm³/mol. The Balaban J connectivity index is 1.98. The normalized spacial score (nSPS) is 14.8. The summed E-state index contributed by atoms with van der Waals surface area (Å²) in [4.78, 5) is 0. The van der Waals surface area contributed by atoms with Gasteiger partial charge < -0.3 is 14.2 Å². The lowest BCUT2D eigenvalue weighted by molar-refractivity contribution is 0.396. The van der Waals surface area contributed by atoms with Crippen molar-refractivity contribution in [3.63, 3.8) is 0 Å². The van der Waals surface area contributed by atoms with Crippen LogP contribution in [0.1, 0.15) is 119 Å². The first-order valence-corrected chi connectivity index (χ1v) is 16.2.